The van der Waals surface area contributed by atoms with Gasteiger partial charge in [0, 0.05) is 18.7 Å². The fourth-order valence-corrected chi connectivity index (χ4v) is 2.35. The molecule has 21 heavy (non-hydrogen) atoms. The van der Waals surface area contributed by atoms with Gasteiger partial charge in [0.05, 0.1) is 0 Å². The van der Waals surface area contributed by atoms with Crippen LogP contribution >= 0.6 is 0 Å². The summed E-state index contributed by atoms with van der Waals surface area (Å²) in [6.45, 7) is 12.1. The minimum atomic E-state index is 0.263. The summed E-state index contributed by atoms with van der Waals surface area (Å²) in [4.78, 5) is 15.2. The van der Waals surface area contributed by atoms with Gasteiger partial charge in [-0.05, 0) is 57.4 Å². The van der Waals surface area contributed by atoms with Crippen molar-refractivity contribution in [3.05, 3.63) is 28.8 Å². The Morgan fingerprint density at radius 2 is 1.52 bits per heavy atom. The summed E-state index contributed by atoms with van der Waals surface area (Å²) >= 11 is 0. The van der Waals surface area contributed by atoms with Gasteiger partial charge in [0.25, 0.3) is 0 Å². The fraction of sp³-hybridized carbons (Fsp3) is 0.438. The number of rotatable bonds is 4. The number of aryl methyl sites for hydroxylation is 3. The molecule has 0 saturated heterocycles. The van der Waals surface area contributed by atoms with E-state index in [4.69, 9.17) is 5.73 Å². The van der Waals surface area contributed by atoms with E-state index in [9.17, 15) is 0 Å². The van der Waals surface area contributed by atoms with E-state index >= 15 is 0 Å². The van der Waals surface area contributed by atoms with E-state index in [1.54, 1.807) is 0 Å². The van der Waals surface area contributed by atoms with Crippen LogP contribution in [0.4, 0.5) is 11.9 Å². The molecule has 0 radical (unpaired) electrons. The van der Waals surface area contributed by atoms with Crippen LogP contribution in [0.5, 0.6) is 0 Å². The Hall–Kier alpha value is -2.17. The molecule has 1 aromatic heterocycles. The van der Waals surface area contributed by atoms with Crippen LogP contribution in [0, 0.1) is 20.8 Å². The molecule has 0 spiro atoms. The Labute approximate surface area is 126 Å². The molecular formula is C16H23N5. The maximum atomic E-state index is 5.87. The number of nitrogens with zero attached hydrogens (tertiary/aromatic N) is 4. The molecule has 0 aliphatic heterocycles. The summed E-state index contributed by atoms with van der Waals surface area (Å²) < 4.78 is 0. The van der Waals surface area contributed by atoms with Crippen LogP contribution in [0.1, 0.15) is 30.5 Å². The van der Waals surface area contributed by atoms with Crippen molar-refractivity contribution >= 4 is 11.9 Å². The van der Waals surface area contributed by atoms with Crippen molar-refractivity contribution in [3.8, 4) is 11.4 Å². The molecule has 0 saturated carbocycles. The average Bonchev–Trinajstić information content (AvgIpc) is 2.43. The van der Waals surface area contributed by atoms with Gasteiger partial charge >= 0.3 is 0 Å². The van der Waals surface area contributed by atoms with Crippen molar-refractivity contribution in [2.45, 2.75) is 34.6 Å². The molecule has 0 unspecified atom stereocenters. The summed E-state index contributed by atoms with van der Waals surface area (Å²) in [6, 6.07) is 4.27. The number of hydrogen-bond donors (Lipinski definition) is 1. The quantitative estimate of drug-likeness (QED) is 0.935. The number of aromatic nitrogens is 3. The smallest absolute Gasteiger partial charge is 0.230 e. The van der Waals surface area contributed by atoms with Crippen molar-refractivity contribution in [1.82, 2.24) is 15.0 Å². The molecule has 1 heterocycles. The maximum absolute atomic E-state index is 5.87. The highest BCUT2D eigenvalue weighted by Crippen LogP contribution is 2.25. The van der Waals surface area contributed by atoms with Crippen LogP contribution in [0.3, 0.4) is 0 Å². The molecule has 5 heteroatoms. The van der Waals surface area contributed by atoms with E-state index in [0.717, 1.165) is 24.2 Å². The van der Waals surface area contributed by atoms with Crippen LogP contribution in [-0.4, -0.2) is 28.0 Å². The number of hydrogen-bond acceptors (Lipinski definition) is 5. The van der Waals surface area contributed by atoms with Crippen molar-refractivity contribution in [3.63, 3.8) is 0 Å². The first kappa shape index (κ1) is 15.2. The molecule has 0 amide bonds. The highest BCUT2D eigenvalue weighted by molar-refractivity contribution is 5.64. The maximum Gasteiger partial charge on any atom is 0.230 e. The predicted octanol–water partition coefficient (Wildman–Crippen LogP) is 2.89. The molecule has 2 rings (SSSR count). The van der Waals surface area contributed by atoms with Gasteiger partial charge in [-0.25, -0.2) is 0 Å². The first-order valence-electron chi connectivity index (χ1n) is 7.31. The van der Waals surface area contributed by atoms with E-state index in [1.165, 1.54) is 11.1 Å². The van der Waals surface area contributed by atoms with Crippen LogP contribution in [0.2, 0.25) is 0 Å². The number of nitrogen functional groups attached to an aromatic ring is 1. The number of anilines is 2. The van der Waals surface area contributed by atoms with Crippen molar-refractivity contribution < 1.29 is 0 Å². The SMILES string of the molecule is CCN(CC)c1nc(N)nc(-c2cc(C)c(C)cc2C)n1. The van der Waals surface area contributed by atoms with Gasteiger partial charge in [-0.3, -0.25) is 0 Å². The van der Waals surface area contributed by atoms with E-state index in [-0.39, 0.29) is 5.95 Å². The average molecular weight is 285 g/mol. The molecule has 0 aliphatic carbocycles. The Morgan fingerprint density at radius 3 is 2.14 bits per heavy atom. The van der Waals surface area contributed by atoms with Crippen LogP contribution in [0.25, 0.3) is 11.4 Å². The lowest BCUT2D eigenvalue weighted by Gasteiger charge is -2.19. The topological polar surface area (TPSA) is 67.9 Å². The van der Waals surface area contributed by atoms with Gasteiger partial charge in [-0.15, -0.1) is 0 Å². The normalized spacial score (nSPS) is 10.7. The fourth-order valence-electron chi connectivity index (χ4n) is 2.35. The molecule has 0 fully saturated rings. The van der Waals surface area contributed by atoms with Gasteiger partial charge < -0.3 is 10.6 Å². The summed E-state index contributed by atoms with van der Waals surface area (Å²) in [6.07, 6.45) is 0. The molecule has 1 aromatic carbocycles. The number of nitrogens with two attached hydrogens (primary N) is 1. The Bertz CT molecular complexity index is 647. The lowest BCUT2D eigenvalue weighted by molar-refractivity contribution is 0.816. The Kier molecular flexibility index (Phi) is 4.40. The van der Waals surface area contributed by atoms with E-state index in [0.29, 0.717) is 11.8 Å². The zero-order chi connectivity index (χ0) is 15.6. The van der Waals surface area contributed by atoms with Crippen molar-refractivity contribution in [2.75, 3.05) is 23.7 Å². The minimum Gasteiger partial charge on any atom is -0.368 e. The molecular weight excluding hydrogens is 262 g/mol. The molecule has 112 valence electrons. The third-order valence-electron chi connectivity index (χ3n) is 3.77. The van der Waals surface area contributed by atoms with Crippen LogP contribution in [-0.2, 0) is 0 Å². The summed E-state index contributed by atoms with van der Waals surface area (Å²) in [5, 5.41) is 0. The summed E-state index contributed by atoms with van der Waals surface area (Å²) in [5.41, 5.74) is 10.5. The van der Waals surface area contributed by atoms with Gasteiger partial charge in [-0.1, -0.05) is 6.07 Å². The van der Waals surface area contributed by atoms with Crippen LogP contribution < -0.4 is 10.6 Å². The third-order valence-corrected chi connectivity index (χ3v) is 3.77. The van der Waals surface area contributed by atoms with Crippen LogP contribution in [0.15, 0.2) is 12.1 Å². The second-order valence-corrected chi connectivity index (χ2v) is 5.24. The summed E-state index contributed by atoms with van der Waals surface area (Å²) in [7, 11) is 0. The lowest BCUT2D eigenvalue weighted by Crippen LogP contribution is -2.25. The predicted molar refractivity (Wildman–Crippen MR) is 87.4 cm³/mol. The minimum absolute atomic E-state index is 0.263. The van der Waals surface area contributed by atoms with E-state index in [1.807, 2.05) is 0 Å². The first-order chi connectivity index (χ1) is 9.96. The largest absolute Gasteiger partial charge is 0.368 e. The standard InChI is InChI=1S/C16H23N5/c1-6-21(7-2)16-19-14(18-15(17)20-16)13-9-11(4)10(3)8-12(13)5/h8-9H,6-7H2,1-5H3,(H2,17,18,19,20). The van der Waals surface area contributed by atoms with Gasteiger partial charge in [0.1, 0.15) is 0 Å². The zero-order valence-corrected chi connectivity index (χ0v) is 13.4. The van der Waals surface area contributed by atoms with E-state index in [2.05, 4.69) is 66.6 Å². The lowest BCUT2D eigenvalue weighted by atomic mass is 10.0. The highest BCUT2D eigenvalue weighted by Gasteiger charge is 2.13. The number of benzene rings is 1. The van der Waals surface area contributed by atoms with Gasteiger partial charge in [0.2, 0.25) is 11.9 Å². The molecule has 0 atom stereocenters. The highest BCUT2D eigenvalue weighted by atomic mass is 15.3. The van der Waals surface area contributed by atoms with Crippen molar-refractivity contribution in [1.29, 1.82) is 0 Å². The first-order valence-corrected chi connectivity index (χ1v) is 7.31. The van der Waals surface area contributed by atoms with Gasteiger partial charge in [0.15, 0.2) is 5.82 Å². The molecule has 0 aliphatic rings. The van der Waals surface area contributed by atoms with Gasteiger partial charge in [-0.2, -0.15) is 15.0 Å². The molecule has 2 N–H and O–H groups in total. The summed E-state index contributed by atoms with van der Waals surface area (Å²) in [5.74, 6) is 1.55. The Balaban J connectivity index is 2.57. The second kappa shape index (κ2) is 6.08. The molecule has 2 aromatic rings. The zero-order valence-electron chi connectivity index (χ0n) is 13.4. The monoisotopic (exact) mass is 285 g/mol. The van der Waals surface area contributed by atoms with Crippen molar-refractivity contribution in [2.24, 2.45) is 0 Å². The second-order valence-electron chi connectivity index (χ2n) is 5.24. The Morgan fingerprint density at radius 1 is 0.905 bits per heavy atom. The molecule has 0 bridgehead atoms. The third kappa shape index (κ3) is 3.12. The molecule has 5 nitrogen and oxygen atoms in total. The van der Waals surface area contributed by atoms with E-state index < -0.39 is 0 Å².